The molecule has 1 heterocycles. The van der Waals surface area contributed by atoms with Gasteiger partial charge >= 0.3 is 0 Å². The van der Waals surface area contributed by atoms with Gasteiger partial charge in [-0.1, -0.05) is 11.6 Å². The number of amides is 2. The number of hydrogen-bond acceptors (Lipinski definition) is 3. The molecule has 1 N–H and O–H groups in total. The van der Waals surface area contributed by atoms with Crippen LogP contribution in [-0.4, -0.2) is 41.0 Å². The molecule has 0 saturated heterocycles. The molecule has 3 rings (SSSR count). The first-order valence-electron chi connectivity index (χ1n) is 9.76. The molecular weight excluding hydrogens is 402 g/mol. The second-order valence-corrected chi connectivity index (χ2v) is 7.00. The van der Waals surface area contributed by atoms with Gasteiger partial charge in [-0.3, -0.25) is 9.59 Å². The first-order chi connectivity index (χ1) is 14.5. The van der Waals surface area contributed by atoms with Crippen molar-refractivity contribution in [2.75, 3.05) is 25.0 Å². The van der Waals surface area contributed by atoms with E-state index in [4.69, 9.17) is 16.3 Å². The second kappa shape index (κ2) is 9.98. The van der Waals surface area contributed by atoms with Crippen LogP contribution in [0.5, 0.6) is 5.75 Å². The van der Waals surface area contributed by atoms with E-state index in [0.29, 0.717) is 35.1 Å². The van der Waals surface area contributed by atoms with Crippen LogP contribution in [-0.2, 0) is 4.79 Å². The molecule has 156 valence electrons. The summed E-state index contributed by atoms with van der Waals surface area (Å²) in [6.07, 6.45) is 3.88. The molecule has 0 aliphatic heterocycles. The predicted molar refractivity (Wildman–Crippen MR) is 119 cm³/mol. The number of carbonyl (C=O) groups is 2. The molecule has 1 aromatic heterocycles. The highest BCUT2D eigenvalue weighted by Crippen LogP contribution is 2.28. The van der Waals surface area contributed by atoms with E-state index in [2.05, 4.69) is 5.32 Å². The highest BCUT2D eigenvalue weighted by atomic mass is 35.5. The molecule has 0 unspecified atom stereocenters. The summed E-state index contributed by atoms with van der Waals surface area (Å²) in [6.45, 7) is 5.01. The van der Waals surface area contributed by atoms with Crippen molar-refractivity contribution in [3.05, 3.63) is 77.6 Å². The molecule has 6 nitrogen and oxygen atoms in total. The van der Waals surface area contributed by atoms with E-state index < -0.39 is 0 Å². The summed E-state index contributed by atoms with van der Waals surface area (Å²) in [7, 11) is 0. The van der Waals surface area contributed by atoms with Gasteiger partial charge in [-0.15, -0.1) is 0 Å². The molecule has 0 saturated carbocycles. The maximum absolute atomic E-state index is 12.5. The normalized spacial score (nSPS) is 10.5. The first kappa shape index (κ1) is 21.5. The lowest BCUT2D eigenvalue weighted by molar-refractivity contribution is -0.132. The number of halogens is 1. The SMILES string of the molecule is CCN(CC)C(=O)COc1ccc(NC(=O)c2ccc(-n3cccc3)cc2)cc1Cl. The largest absolute Gasteiger partial charge is 0.482 e. The Morgan fingerprint density at radius 2 is 1.70 bits per heavy atom. The summed E-state index contributed by atoms with van der Waals surface area (Å²) < 4.78 is 7.50. The highest BCUT2D eigenvalue weighted by molar-refractivity contribution is 6.32. The van der Waals surface area contributed by atoms with Gasteiger partial charge < -0.3 is 19.5 Å². The van der Waals surface area contributed by atoms with Crippen LogP contribution < -0.4 is 10.1 Å². The standard InChI is InChI=1S/C23H24ClN3O3/c1-3-26(4-2)22(28)16-30-21-12-9-18(15-20(21)24)25-23(29)17-7-10-19(11-8-17)27-13-5-6-14-27/h5-15H,3-4,16H2,1-2H3,(H,25,29). The summed E-state index contributed by atoms with van der Waals surface area (Å²) in [4.78, 5) is 26.3. The van der Waals surface area contributed by atoms with Gasteiger partial charge in [0.1, 0.15) is 5.75 Å². The molecule has 0 aliphatic carbocycles. The van der Waals surface area contributed by atoms with E-state index in [0.717, 1.165) is 5.69 Å². The average molecular weight is 426 g/mol. The fraction of sp³-hybridized carbons (Fsp3) is 0.217. The lowest BCUT2D eigenvalue weighted by Gasteiger charge is -2.19. The smallest absolute Gasteiger partial charge is 0.260 e. The number of rotatable bonds is 8. The fourth-order valence-electron chi connectivity index (χ4n) is 3.00. The maximum atomic E-state index is 12.5. The Bertz CT molecular complexity index is 997. The van der Waals surface area contributed by atoms with Crippen molar-refractivity contribution in [3.8, 4) is 11.4 Å². The zero-order valence-corrected chi connectivity index (χ0v) is 17.7. The predicted octanol–water partition coefficient (Wildman–Crippen LogP) is 4.63. The Labute approximate surface area is 181 Å². The van der Waals surface area contributed by atoms with Crippen LogP contribution in [0.3, 0.4) is 0 Å². The van der Waals surface area contributed by atoms with Gasteiger partial charge in [0.25, 0.3) is 11.8 Å². The third kappa shape index (κ3) is 5.21. The number of nitrogens with zero attached hydrogens (tertiary/aromatic N) is 2. The number of aromatic nitrogens is 1. The van der Waals surface area contributed by atoms with Crippen molar-refractivity contribution in [1.82, 2.24) is 9.47 Å². The molecule has 3 aromatic rings. The van der Waals surface area contributed by atoms with Gasteiger partial charge in [0.2, 0.25) is 0 Å². The van der Waals surface area contributed by atoms with Crippen LogP contribution in [0.2, 0.25) is 5.02 Å². The Morgan fingerprint density at radius 1 is 1.03 bits per heavy atom. The Hall–Kier alpha value is -3.25. The fourth-order valence-corrected chi connectivity index (χ4v) is 3.23. The maximum Gasteiger partial charge on any atom is 0.260 e. The van der Waals surface area contributed by atoms with Gasteiger partial charge in [-0.05, 0) is 68.4 Å². The van der Waals surface area contributed by atoms with Crippen molar-refractivity contribution in [3.63, 3.8) is 0 Å². The van der Waals surface area contributed by atoms with Crippen LogP contribution in [0.4, 0.5) is 5.69 Å². The van der Waals surface area contributed by atoms with Gasteiger partial charge in [0.15, 0.2) is 6.61 Å². The molecule has 2 amide bonds. The van der Waals surface area contributed by atoms with Crippen LogP contribution in [0.15, 0.2) is 67.0 Å². The molecule has 0 spiro atoms. The number of hydrogen-bond donors (Lipinski definition) is 1. The number of nitrogens with one attached hydrogen (secondary N) is 1. The lowest BCUT2D eigenvalue weighted by Crippen LogP contribution is -2.34. The van der Waals surface area contributed by atoms with Gasteiger partial charge in [-0.25, -0.2) is 0 Å². The van der Waals surface area contributed by atoms with E-state index in [1.807, 2.05) is 55.1 Å². The average Bonchev–Trinajstić information content (AvgIpc) is 3.29. The monoisotopic (exact) mass is 425 g/mol. The van der Waals surface area contributed by atoms with Crippen molar-refractivity contribution >= 4 is 29.1 Å². The second-order valence-electron chi connectivity index (χ2n) is 6.59. The third-order valence-corrected chi connectivity index (χ3v) is 4.98. The highest BCUT2D eigenvalue weighted by Gasteiger charge is 2.13. The summed E-state index contributed by atoms with van der Waals surface area (Å²) in [5.74, 6) is 0.0542. The summed E-state index contributed by atoms with van der Waals surface area (Å²) in [5, 5.41) is 3.14. The minimum absolute atomic E-state index is 0.0825. The molecule has 7 heteroatoms. The molecule has 30 heavy (non-hydrogen) atoms. The number of benzene rings is 2. The molecule has 0 fully saturated rings. The summed E-state index contributed by atoms with van der Waals surface area (Å²) >= 11 is 6.26. The van der Waals surface area contributed by atoms with Crippen molar-refractivity contribution in [1.29, 1.82) is 0 Å². The van der Waals surface area contributed by atoms with Crippen molar-refractivity contribution in [2.45, 2.75) is 13.8 Å². The minimum atomic E-state index is -0.240. The number of likely N-dealkylation sites (N-methyl/N-ethyl adjacent to an activating group) is 1. The minimum Gasteiger partial charge on any atom is -0.482 e. The molecule has 0 radical (unpaired) electrons. The topological polar surface area (TPSA) is 63.6 Å². The molecule has 0 atom stereocenters. The molecule has 2 aromatic carbocycles. The number of carbonyl (C=O) groups excluding carboxylic acids is 2. The molecule has 0 bridgehead atoms. The van der Waals surface area contributed by atoms with Gasteiger partial charge in [0.05, 0.1) is 5.02 Å². The van der Waals surface area contributed by atoms with Crippen LogP contribution in [0, 0.1) is 0 Å². The molecular formula is C23H24ClN3O3. The Morgan fingerprint density at radius 3 is 2.30 bits per heavy atom. The van der Waals surface area contributed by atoms with Gasteiger partial charge in [-0.2, -0.15) is 0 Å². The van der Waals surface area contributed by atoms with Crippen LogP contribution in [0.1, 0.15) is 24.2 Å². The number of ether oxygens (including phenoxy) is 1. The number of anilines is 1. The van der Waals surface area contributed by atoms with Crippen molar-refractivity contribution < 1.29 is 14.3 Å². The van der Waals surface area contributed by atoms with Crippen molar-refractivity contribution in [2.24, 2.45) is 0 Å². The van der Waals surface area contributed by atoms with E-state index >= 15 is 0 Å². The third-order valence-electron chi connectivity index (χ3n) is 4.69. The van der Waals surface area contributed by atoms with E-state index in [1.54, 1.807) is 35.2 Å². The Kier molecular flexibility index (Phi) is 7.14. The zero-order chi connectivity index (χ0) is 21.5. The van der Waals surface area contributed by atoms with Crippen LogP contribution >= 0.6 is 11.6 Å². The lowest BCUT2D eigenvalue weighted by atomic mass is 10.2. The molecule has 0 aliphatic rings. The van der Waals surface area contributed by atoms with E-state index in [9.17, 15) is 9.59 Å². The van der Waals surface area contributed by atoms with E-state index in [-0.39, 0.29) is 18.4 Å². The first-order valence-corrected chi connectivity index (χ1v) is 10.1. The quantitative estimate of drug-likeness (QED) is 0.572. The van der Waals surface area contributed by atoms with E-state index in [1.165, 1.54) is 0 Å². The Balaban J connectivity index is 1.61. The zero-order valence-electron chi connectivity index (χ0n) is 17.0. The van der Waals surface area contributed by atoms with Crippen LogP contribution in [0.25, 0.3) is 5.69 Å². The summed E-state index contributed by atoms with van der Waals surface area (Å²) in [5.41, 5.74) is 2.05. The summed E-state index contributed by atoms with van der Waals surface area (Å²) in [6, 6.07) is 16.1. The van der Waals surface area contributed by atoms with Gasteiger partial charge in [0, 0.05) is 42.4 Å².